The minimum atomic E-state index is -0.617. The Morgan fingerprint density at radius 3 is 2.45 bits per heavy atom. The lowest BCUT2D eigenvalue weighted by Gasteiger charge is -2.12. The summed E-state index contributed by atoms with van der Waals surface area (Å²) >= 11 is 3.21. The summed E-state index contributed by atoms with van der Waals surface area (Å²) in [6, 6.07) is 11.3. The molecule has 1 N–H and O–H groups in total. The minimum absolute atomic E-state index is 0.0855. The van der Waals surface area contributed by atoms with E-state index >= 15 is 0 Å². The average molecular weight is 363 g/mol. The lowest BCUT2D eigenvalue weighted by atomic mass is 10.0. The summed E-state index contributed by atoms with van der Waals surface area (Å²) in [6.07, 6.45) is 3.57. The number of rotatable bonds is 4. The molecule has 114 valence electrons. The van der Waals surface area contributed by atoms with Gasteiger partial charge < -0.3 is 14.6 Å². The Morgan fingerprint density at radius 2 is 1.86 bits per heavy atom. The largest absolute Gasteiger partial charge is 0.506 e. The number of benzene rings is 2. The maximum absolute atomic E-state index is 11.9. The number of hydrogen-bond acceptors (Lipinski definition) is 4. The molecule has 0 saturated heterocycles. The summed E-state index contributed by atoms with van der Waals surface area (Å²) in [7, 11) is 2.76. The molecule has 0 amide bonds. The van der Waals surface area contributed by atoms with Crippen molar-refractivity contribution < 1.29 is 19.4 Å². The van der Waals surface area contributed by atoms with E-state index in [0.717, 1.165) is 5.56 Å². The molecule has 0 spiro atoms. The average Bonchev–Trinajstić information content (AvgIpc) is 2.56. The van der Waals surface area contributed by atoms with Crippen LogP contribution in [0.2, 0.25) is 0 Å². The number of esters is 1. The zero-order valence-electron chi connectivity index (χ0n) is 12.2. The van der Waals surface area contributed by atoms with E-state index in [1.807, 2.05) is 36.4 Å². The van der Waals surface area contributed by atoms with Gasteiger partial charge in [0.15, 0.2) is 0 Å². The second kappa shape index (κ2) is 7.13. The number of phenolic OH excluding ortho intramolecular Hbond substituents is 1. The van der Waals surface area contributed by atoms with Crippen LogP contribution in [0.5, 0.6) is 11.5 Å². The molecule has 0 bridgehead atoms. The number of aromatic hydroxyl groups is 1. The molecule has 2 rings (SSSR count). The first kappa shape index (κ1) is 16.1. The van der Waals surface area contributed by atoms with Crippen molar-refractivity contribution in [2.45, 2.75) is 0 Å². The molecule has 0 saturated carbocycles. The van der Waals surface area contributed by atoms with Crippen molar-refractivity contribution in [2.24, 2.45) is 0 Å². The third-order valence-corrected chi connectivity index (χ3v) is 3.87. The number of methoxy groups -OCH3 is 2. The zero-order chi connectivity index (χ0) is 16.1. The Bertz CT molecular complexity index is 708. The van der Waals surface area contributed by atoms with Crippen molar-refractivity contribution in [3.05, 3.63) is 57.6 Å². The van der Waals surface area contributed by atoms with Crippen molar-refractivity contribution in [3.63, 3.8) is 0 Å². The molecule has 0 aromatic heterocycles. The number of halogens is 1. The standard InChI is InChI=1S/C17H15BrO4/c1-21-13-10-12(9-8-11-6-4-3-5-7-11)14(17(20)22-2)16(19)15(13)18/h3-10,19H,1-2H3. The highest BCUT2D eigenvalue weighted by molar-refractivity contribution is 9.10. The first-order valence-electron chi connectivity index (χ1n) is 6.49. The van der Waals surface area contributed by atoms with E-state index in [1.54, 1.807) is 12.1 Å². The molecule has 0 atom stereocenters. The number of ether oxygens (including phenoxy) is 2. The van der Waals surface area contributed by atoms with Crippen LogP contribution in [0.25, 0.3) is 12.2 Å². The number of carbonyl (C=O) groups is 1. The molecule has 0 heterocycles. The van der Waals surface area contributed by atoms with E-state index in [0.29, 0.717) is 15.8 Å². The first-order chi connectivity index (χ1) is 10.6. The van der Waals surface area contributed by atoms with Crippen LogP contribution in [-0.2, 0) is 4.74 Å². The molecular weight excluding hydrogens is 348 g/mol. The Hall–Kier alpha value is -2.27. The Balaban J connectivity index is 2.55. The summed E-state index contributed by atoms with van der Waals surface area (Å²) in [4.78, 5) is 11.9. The SMILES string of the molecule is COC(=O)c1c(C=Cc2ccccc2)cc(OC)c(Br)c1O. The highest BCUT2D eigenvalue weighted by Gasteiger charge is 2.21. The molecular formula is C17H15BrO4. The normalized spacial score (nSPS) is 10.7. The predicted octanol–water partition coefficient (Wildman–Crippen LogP) is 4.12. The van der Waals surface area contributed by atoms with Crippen molar-refractivity contribution in [2.75, 3.05) is 14.2 Å². The number of carbonyl (C=O) groups excluding carboxylic acids is 1. The molecule has 0 aliphatic heterocycles. The van der Waals surface area contributed by atoms with Gasteiger partial charge in [0.25, 0.3) is 0 Å². The lowest BCUT2D eigenvalue weighted by molar-refractivity contribution is 0.0597. The first-order valence-corrected chi connectivity index (χ1v) is 7.28. The van der Waals surface area contributed by atoms with Crippen molar-refractivity contribution in [1.29, 1.82) is 0 Å². The summed E-state index contributed by atoms with van der Waals surface area (Å²) in [6.45, 7) is 0. The monoisotopic (exact) mass is 362 g/mol. The van der Waals surface area contributed by atoms with Gasteiger partial charge in [0.05, 0.1) is 14.2 Å². The van der Waals surface area contributed by atoms with Gasteiger partial charge in [0.1, 0.15) is 21.5 Å². The van der Waals surface area contributed by atoms with Crippen molar-refractivity contribution in [3.8, 4) is 11.5 Å². The molecule has 2 aromatic rings. The summed E-state index contributed by atoms with van der Waals surface area (Å²) in [5.74, 6) is -0.398. The topological polar surface area (TPSA) is 55.8 Å². The molecule has 0 radical (unpaired) electrons. The quantitative estimate of drug-likeness (QED) is 0.656. The van der Waals surface area contributed by atoms with Gasteiger partial charge >= 0.3 is 5.97 Å². The number of phenols is 1. The van der Waals surface area contributed by atoms with Crippen LogP contribution < -0.4 is 4.74 Å². The van der Waals surface area contributed by atoms with Crippen LogP contribution in [0.3, 0.4) is 0 Å². The van der Waals surface area contributed by atoms with Gasteiger partial charge in [0.2, 0.25) is 0 Å². The van der Waals surface area contributed by atoms with Crippen LogP contribution in [0.1, 0.15) is 21.5 Å². The van der Waals surface area contributed by atoms with Crippen molar-refractivity contribution >= 4 is 34.1 Å². The summed E-state index contributed by atoms with van der Waals surface area (Å²) in [5.41, 5.74) is 1.57. The lowest BCUT2D eigenvalue weighted by Crippen LogP contribution is -2.05. The second-order valence-electron chi connectivity index (χ2n) is 4.44. The fraction of sp³-hybridized carbons (Fsp3) is 0.118. The smallest absolute Gasteiger partial charge is 0.342 e. The van der Waals surface area contributed by atoms with E-state index in [-0.39, 0.29) is 11.3 Å². The van der Waals surface area contributed by atoms with Gasteiger partial charge in [-0.05, 0) is 33.1 Å². The molecule has 4 nitrogen and oxygen atoms in total. The van der Waals surface area contributed by atoms with Gasteiger partial charge in [-0.1, -0.05) is 42.5 Å². The maximum Gasteiger partial charge on any atom is 0.342 e. The Morgan fingerprint density at radius 1 is 1.18 bits per heavy atom. The van der Waals surface area contributed by atoms with Gasteiger partial charge in [-0.15, -0.1) is 0 Å². The van der Waals surface area contributed by atoms with E-state index < -0.39 is 5.97 Å². The van der Waals surface area contributed by atoms with E-state index in [9.17, 15) is 9.90 Å². The zero-order valence-corrected chi connectivity index (χ0v) is 13.8. The second-order valence-corrected chi connectivity index (χ2v) is 5.23. The summed E-state index contributed by atoms with van der Waals surface area (Å²) in [5, 5.41) is 10.2. The van der Waals surface area contributed by atoms with E-state index in [4.69, 9.17) is 9.47 Å². The van der Waals surface area contributed by atoms with Crippen LogP contribution >= 0.6 is 15.9 Å². The fourth-order valence-corrected chi connectivity index (χ4v) is 2.46. The fourth-order valence-electron chi connectivity index (χ4n) is 1.99. The van der Waals surface area contributed by atoms with Crippen LogP contribution in [0, 0.1) is 0 Å². The maximum atomic E-state index is 11.9. The van der Waals surface area contributed by atoms with Crippen LogP contribution in [0.4, 0.5) is 0 Å². The van der Waals surface area contributed by atoms with Gasteiger partial charge in [0, 0.05) is 0 Å². The molecule has 0 aliphatic carbocycles. The van der Waals surface area contributed by atoms with E-state index in [1.165, 1.54) is 14.2 Å². The van der Waals surface area contributed by atoms with Crippen molar-refractivity contribution in [1.82, 2.24) is 0 Å². The Kier molecular flexibility index (Phi) is 5.22. The molecule has 0 unspecified atom stereocenters. The van der Waals surface area contributed by atoms with E-state index in [2.05, 4.69) is 15.9 Å². The molecule has 0 aliphatic rings. The highest BCUT2D eigenvalue weighted by Crippen LogP contribution is 2.39. The minimum Gasteiger partial charge on any atom is -0.506 e. The van der Waals surface area contributed by atoms with Crippen LogP contribution in [0.15, 0.2) is 40.9 Å². The van der Waals surface area contributed by atoms with Crippen LogP contribution in [-0.4, -0.2) is 25.3 Å². The molecule has 5 heteroatoms. The third-order valence-electron chi connectivity index (χ3n) is 3.10. The highest BCUT2D eigenvalue weighted by atomic mass is 79.9. The molecule has 0 fully saturated rings. The predicted molar refractivity (Wildman–Crippen MR) is 89.1 cm³/mol. The third kappa shape index (κ3) is 3.31. The van der Waals surface area contributed by atoms with Gasteiger partial charge in [-0.3, -0.25) is 0 Å². The van der Waals surface area contributed by atoms with Gasteiger partial charge in [-0.25, -0.2) is 4.79 Å². The van der Waals surface area contributed by atoms with Gasteiger partial charge in [-0.2, -0.15) is 0 Å². The molecule has 22 heavy (non-hydrogen) atoms. The summed E-state index contributed by atoms with van der Waals surface area (Å²) < 4.78 is 10.3. The Labute approximate surface area is 137 Å². The molecule has 2 aromatic carbocycles. The number of hydrogen-bond donors (Lipinski definition) is 1.